The third kappa shape index (κ3) is 2.50. The lowest BCUT2D eigenvalue weighted by molar-refractivity contribution is -0.384. The first-order valence-corrected chi connectivity index (χ1v) is 8.15. The maximum absolute atomic E-state index is 12.7. The lowest BCUT2D eigenvalue weighted by Gasteiger charge is -2.34. The average Bonchev–Trinajstić information content (AvgIpc) is 2.92. The number of non-ortho nitro benzene ring substituents is 1. The molecule has 0 radical (unpaired) electrons. The van der Waals surface area contributed by atoms with Crippen molar-refractivity contribution < 1.29 is 9.72 Å². The van der Waals surface area contributed by atoms with Crippen LogP contribution in [0.4, 0.5) is 11.6 Å². The van der Waals surface area contributed by atoms with Crippen LogP contribution in [0.15, 0.2) is 35.5 Å². The number of aryl methyl sites for hydroxylation is 1. The zero-order valence-electron chi connectivity index (χ0n) is 13.9. The number of ketones is 1. The van der Waals surface area contributed by atoms with E-state index in [2.05, 4.69) is 22.3 Å². The molecule has 0 saturated heterocycles. The SMILES string of the molecule is Cc1nc2n(n1)[C@@H](c1ccc([N+](=O)[O-])cc1)C1=C(C[C@H](C)CC1=O)N2. The molecule has 2 aromatic rings. The number of nitro groups is 1. The van der Waals surface area contributed by atoms with Crippen LogP contribution in [-0.4, -0.2) is 25.5 Å². The number of carbonyl (C=O) groups excluding carboxylic acids is 1. The molecule has 1 aromatic heterocycles. The number of Topliss-reactive ketones (excluding diaryl/α,β-unsaturated/α-hetero) is 1. The highest BCUT2D eigenvalue weighted by Crippen LogP contribution is 2.41. The second-order valence-electron chi connectivity index (χ2n) is 6.63. The van der Waals surface area contributed by atoms with Gasteiger partial charge in [-0.2, -0.15) is 10.1 Å². The molecular weight excluding hydrogens is 322 g/mol. The Balaban J connectivity index is 1.87. The highest BCUT2D eigenvalue weighted by Gasteiger charge is 2.38. The second-order valence-corrected chi connectivity index (χ2v) is 6.63. The topological polar surface area (TPSA) is 103 Å². The number of aromatic nitrogens is 3. The summed E-state index contributed by atoms with van der Waals surface area (Å²) in [6.07, 6.45) is 1.27. The van der Waals surface area contributed by atoms with Gasteiger partial charge in [0, 0.05) is 29.8 Å². The van der Waals surface area contributed by atoms with Gasteiger partial charge in [-0.1, -0.05) is 6.92 Å². The van der Waals surface area contributed by atoms with Gasteiger partial charge < -0.3 is 5.32 Å². The molecule has 128 valence electrons. The van der Waals surface area contributed by atoms with Crippen molar-refractivity contribution in [2.24, 2.45) is 5.92 Å². The fourth-order valence-corrected chi connectivity index (χ4v) is 3.60. The molecule has 4 rings (SSSR count). The quantitative estimate of drug-likeness (QED) is 0.666. The summed E-state index contributed by atoms with van der Waals surface area (Å²) in [5.41, 5.74) is 2.37. The van der Waals surface area contributed by atoms with Crippen molar-refractivity contribution in [3.8, 4) is 0 Å². The van der Waals surface area contributed by atoms with Crippen LogP contribution in [0, 0.1) is 23.0 Å². The van der Waals surface area contributed by atoms with Gasteiger partial charge >= 0.3 is 0 Å². The van der Waals surface area contributed by atoms with E-state index in [9.17, 15) is 14.9 Å². The van der Waals surface area contributed by atoms with E-state index < -0.39 is 11.0 Å². The Bertz CT molecular complexity index is 913. The number of hydrogen-bond donors (Lipinski definition) is 1. The van der Waals surface area contributed by atoms with E-state index in [0.29, 0.717) is 23.8 Å². The number of allylic oxidation sites excluding steroid dienone is 2. The predicted octanol–water partition coefficient (Wildman–Crippen LogP) is 2.76. The summed E-state index contributed by atoms with van der Waals surface area (Å²) in [5, 5.41) is 18.6. The van der Waals surface area contributed by atoms with Crippen molar-refractivity contribution in [3.05, 3.63) is 57.0 Å². The van der Waals surface area contributed by atoms with Crippen molar-refractivity contribution >= 4 is 17.4 Å². The van der Waals surface area contributed by atoms with E-state index in [1.807, 2.05) is 0 Å². The van der Waals surface area contributed by atoms with Crippen LogP contribution in [0.2, 0.25) is 0 Å². The fourth-order valence-electron chi connectivity index (χ4n) is 3.60. The van der Waals surface area contributed by atoms with E-state index in [1.165, 1.54) is 12.1 Å². The number of anilines is 1. The van der Waals surface area contributed by atoms with Crippen LogP contribution in [0.5, 0.6) is 0 Å². The lowest BCUT2D eigenvalue weighted by Crippen LogP contribution is -2.33. The molecule has 2 atom stereocenters. The van der Waals surface area contributed by atoms with Gasteiger partial charge in [0.25, 0.3) is 5.69 Å². The van der Waals surface area contributed by atoms with Crippen molar-refractivity contribution in [1.29, 1.82) is 0 Å². The minimum Gasteiger partial charge on any atom is -0.328 e. The molecule has 8 nitrogen and oxygen atoms in total. The molecule has 1 aliphatic heterocycles. The summed E-state index contributed by atoms with van der Waals surface area (Å²) in [5.74, 6) is 1.56. The summed E-state index contributed by atoms with van der Waals surface area (Å²) in [4.78, 5) is 27.6. The molecule has 2 heterocycles. The number of hydrogen-bond acceptors (Lipinski definition) is 6. The Hall–Kier alpha value is -3.03. The van der Waals surface area contributed by atoms with Crippen molar-refractivity contribution in [3.63, 3.8) is 0 Å². The summed E-state index contributed by atoms with van der Waals surface area (Å²) in [7, 11) is 0. The maximum atomic E-state index is 12.7. The number of rotatable bonds is 2. The van der Waals surface area contributed by atoms with E-state index >= 15 is 0 Å². The van der Waals surface area contributed by atoms with E-state index in [4.69, 9.17) is 0 Å². The van der Waals surface area contributed by atoms with E-state index in [-0.39, 0.29) is 17.4 Å². The third-order valence-corrected chi connectivity index (χ3v) is 4.65. The number of fused-ring (bicyclic) bond motifs is 1. The summed E-state index contributed by atoms with van der Waals surface area (Å²) in [6, 6.07) is 5.87. The molecule has 1 aliphatic carbocycles. The highest BCUT2D eigenvalue weighted by atomic mass is 16.6. The van der Waals surface area contributed by atoms with Gasteiger partial charge in [0.05, 0.1) is 4.92 Å². The zero-order valence-corrected chi connectivity index (χ0v) is 13.9. The molecule has 0 spiro atoms. The monoisotopic (exact) mass is 339 g/mol. The molecule has 25 heavy (non-hydrogen) atoms. The number of nitrogens with zero attached hydrogens (tertiary/aromatic N) is 4. The van der Waals surface area contributed by atoms with E-state index in [1.54, 1.807) is 23.7 Å². The highest BCUT2D eigenvalue weighted by molar-refractivity contribution is 5.99. The Labute approximate surface area is 143 Å². The molecular formula is C17H17N5O3. The molecule has 0 bridgehead atoms. The Kier molecular flexibility index (Phi) is 3.41. The molecule has 0 saturated carbocycles. The minimum atomic E-state index is -0.435. The van der Waals surface area contributed by atoms with Gasteiger partial charge in [-0.3, -0.25) is 14.9 Å². The van der Waals surface area contributed by atoms with Gasteiger partial charge in [-0.15, -0.1) is 0 Å². The molecule has 1 aromatic carbocycles. The number of carbonyl (C=O) groups is 1. The average molecular weight is 339 g/mol. The summed E-state index contributed by atoms with van der Waals surface area (Å²) < 4.78 is 1.70. The van der Waals surface area contributed by atoms with Gasteiger partial charge in [0.2, 0.25) is 5.95 Å². The van der Waals surface area contributed by atoms with Crippen LogP contribution in [0.1, 0.15) is 37.2 Å². The number of benzene rings is 1. The van der Waals surface area contributed by atoms with Gasteiger partial charge in [0.1, 0.15) is 11.9 Å². The Morgan fingerprint density at radius 2 is 2.00 bits per heavy atom. The first-order valence-electron chi connectivity index (χ1n) is 8.15. The smallest absolute Gasteiger partial charge is 0.269 e. The largest absolute Gasteiger partial charge is 0.328 e. The fraction of sp³-hybridized carbons (Fsp3) is 0.353. The maximum Gasteiger partial charge on any atom is 0.269 e. The van der Waals surface area contributed by atoms with Crippen LogP contribution in [0.25, 0.3) is 0 Å². The molecule has 1 N–H and O–H groups in total. The molecule has 0 amide bonds. The molecule has 0 unspecified atom stereocenters. The molecule has 2 aliphatic rings. The van der Waals surface area contributed by atoms with Crippen molar-refractivity contribution in [2.45, 2.75) is 32.7 Å². The molecule has 0 fully saturated rings. The zero-order chi connectivity index (χ0) is 17.7. The standard InChI is InChI=1S/C17H17N5O3/c1-9-7-13-15(14(23)8-9)16(21-17(19-13)18-10(2)20-21)11-3-5-12(6-4-11)22(24)25/h3-6,9,16H,7-8H2,1-2H3,(H,18,19,20)/t9-,16-/m0/s1. The number of nitrogens with one attached hydrogen (secondary N) is 1. The lowest BCUT2D eigenvalue weighted by atomic mass is 9.81. The first-order chi connectivity index (χ1) is 11.9. The van der Waals surface area contributed by atoms with E-state index in [0.717, 1.165) is 17.7 Å². The minimum absolute atomic E-state index is 0.0190. The summed E-state index contributed by atoms with van der Waals surface area (Å²) >= 11 is 0. The van der Waals surface area contributed by atoms with Crippen LogP contribution in [-0.2, 0) is 4.79 Å². The number of nitro benzene ring substituents is 1. The van der Waals surface area contributed by atoms with Gasteiger partial charge in [-0.05, 0) is 37.0 Å². The van der Waals surface area contributed by atoms with Gasteiger partial charge in [0.15, 0.2) is 5.78 Å². The third-order valence-electron chi connectivity index (χ3n) is 4.65. The van der Waals surface area contributed by atoms with Crippen molar-refractivity contribution in [1.82, 2.24) is 14.8 Å². The molecule has 8 heteroatoms. The second kappa shape index (κ2) is 5.51. The first kappa shape index (κ1) is 15.5. The van der Waals surface area contributed by atoms with Crippen molar-refractivity contribution in [2.75, 3.05) is 5.32 Å². The normalized spacial score (nSPS) is 22.2. The van der Waals surface area contributed by atoms with Gasteiger partial charge in [-0.25, -0.2) is 4.68 Å². The van der Waals surface area contributed by atoms with Crippen LogP contribution >= 0.6 is 0 Å². The Morgan fingerprint density at radius 3 is 2.68 bits per heavy atom. The Morgan fingerprint density at radius 1 is 1.28 bits per heavy atom. The predicted molar refractivity (Wildman–Crippen MR) is 90.0 cm³/mol. The van der Waals surface area contributed by atoms with Crippen LogP contribution in [0.3, 0.4) is 0 Å². The summed E-state index contributed by atoms with van der Waals surface area (Å²) in [6.45, 7) is 3.85. The van der Waals surface area contributed by atoms with Crippen LogP contribution < -0.4 is 5.32 Å².